The molecule has 8 nitrogen and oxygen atoms in total. The summed E-state index contributed by atoms with van der Waals surface area (Å²) in [5, 5.41) is 9.91. The number of imidazole rings is 1. The molecule has 0 radical (unpaired) electrons. The van der Waals surface area contributed by atoms with Crippen LogP contribution in [-0.2, 0) is 0 Å². The van der Waals surface area contributed by atoms with Gasteiger partial charge in [0.2, 0.25) is 0 Å². The van der Waals surface area contributed by atoms with Crippen LogP contribution in [0.25, 0.3) is 32.4 Å². The molecular weight excluding hydrogens is 422 g/mol. The molecule has 9 heteroatoms. The highest BCUT2D eigenvalue weighted by Crippen LogP contribution is 2.39. The Kier molecular flexibility index (Phi) is 4.32. The summed E-state index contributed by atoms with van der Waals surface area (Å²) in [5.74, 6) is 1.84. The highest BCUT2D eigenvalue weighted by atomic mass is 32.1. The van der Waals surface area contributed by atoms with Crippen LogP contribution in [0.2, 0.25) is 0 Å². The minimum Gasteiger partial charge on any atom is -0.310 e. The first-order valence-electron chi connectivity index (χ1n) is 10.7. The van der Waals surface area contributed by atoms with Gasteiger partial charge in [-0.1, -0.05) is 6.07 Å². The van der Waals surface area contributed by atoms with Crippen molar-refractivity contribution in [1.82, 2.24) is 33.9 Å². The molecule has 0 bridgehead atoms. The second-order valence-corrected chi connectivity index (χ2v) is 9.43. The first-order valence-corrected chi connectivity index (χ1v) is 11.5. The Bertz CT molecular complexity index is 1500. The molecule has 6 rings (SSSR count). The maximum Gasteiger partial charge on any atom is 0.265 e. The molecule has 1 saturated carbocycles. The van der Waals surface area contributed by atoms with Crippen molar-refractivity contribution >= 4 is 21.4 Å². The van der Waals surface area contributed by atoms with Gasteiger partial charge >= 0.3 is 0 Å². The van der Waals surface area contributed by atoms with Crippen LogP contribution in [0.1, 0.15) is 44.3 Å². The average molecular weight is 444 g/mol. The van der Waals surface area contributed by atoms with Crippen LogP contribution in [-0.4, -0.2) is 33.9 Å². The minimum absolute atomic E-state index is 0.0949. The number of hydrogen-bond acceptors (Lipinski definition) is 6. The summed E-state index contributed by atoms with van der Waals surface area (Å²) < 4.78 is 6.50. The van der Waals surface area contributed by atoms with E-state index in [-0.39, 0.29) is 11.6 Å². The van der Waals surface area contributed by atoms with Crippen molar-refractivity contribution in [2.24, 2.45) is 0 Å². The third-order valence-corrected chi connectivity index (χ3v) is 6.88. The number of rotatable bonds is 5. The Morgan fingerprint density at radius 1 is 1.16 bits per heavy atom. The third kappa shape index (κ3) is 3.16. The molecule has 0 N–H and O–H groups in total. The van der Waals surface area contributed by atoms with Crippen molar-refractivity contribution in [3.05, 3.63) is 71.4 Å². The van der Waals surface area contributed by atoms with Crippen LogP contribution in [0.3, 0.4) is 0 Å². The lowest BCUT2D eigenvalue weighted by atomic mass is 10.3. The molecule has 0 unspecified atom stereocenters. The number of pyridine rings is 2. The van der Waals surface area contributed by atoms with Crippen LogP contribution in [0.5, 0.6) is 0 Å². The Morgan fingerprint density at radius 3 is 2.84 bits per heavy atom. The summed E-state index contributed by atoms with van der Waals surface area (Å²) in [6.07, 6.45) is 9.84. The van der Waals surface area contributed by atoms with Gasteiger partial charge in [0.25, 0.3) is 5.56 Å². The maximum absolute atomic E-state index is 13.3. The molecule has 0 spiro atoms. The monoisotopic (exact) mass is 443 g/mol. The predicted octanol–water partition coefficient (Wildman–Crippen LogP) is 4.35. The van der Waals surface area contributed by atoms with Gasteiger partial charge in [0.1, 0.15) is 29.2 Å². The first-order chi connectivity index (χ1) is 15.6. The maximum atomic E-state index is 13.3. The topological polar surface area (TPSA) is 83.4 Å². The van der Waals surface area contributed by atoms with E-state index < -0.39 is 0 Å². The molecule has 0 aromatic carbocycles. The second-order valence-electron chi connectivity index (χ2n) is 8.37. The summed E-state index contributed by atoms with van der Waals surface area (Å²) in [5.41, 5.74) is 1.72. The predicted molar refractivity (Wildman–Crippen MR) is 124 cm³/mol. The van der Waals surface area contributed by atoms with Gasteiger partial charge in [0.05, 0.1) is 11.1 Å². The van der Waals surface area contributed by atoms with E-state index >= 15 is 0 Å². The largest absolute Gasteiger partial charge is 0.310 e. The number of hydrogen-bond donors (Lipinski definition) is 0. The zero-order chi connectivity index (χ0) is 21.8. The van der Waals surface area contributed by atoms with E-state index in [9.17, 15) is 4.79 Å². The fourth-order valence-electron chi connectivity index (χ4n) is 3.86. The van der Waals surface area contributed by atoms with E-state index in [4.69, 9.17) is 4.98 Å². The van der Waals surface area contributed by atoms with Crippen molar-refractivity contribution < 1.29 is 0 Å². The molecule has 5 aromatic heterocycles. The quantitative estimate of drug-likeness (QED) is 0.403. The van der Waals surface area contributed by atoms with Crippen molar-refractivity contribution in [1.29, 1.82) is 0 Å². The number of thiophene rings is 1. The lowest BCUT2D eigenvalue weighted by Gasteiger charge is -2.11. The van der Waals surface area contributed by atoms with E-state index in [1.165, 1.54) is 12.8 Å². The van der Waals surface area contributed by atoms with Crippen LogP contribution in [0.15, 0.2) is 60.2 Å². The fraction of sp³-hybridized carbons (Fsp3) is 0.261. The molecule has 32 heavy (non-hydrogen) atoms. The summed E-state index contributed by atoms with van der Waals surface area (Å²) in [4.78, 5) is 22.6. The fourth-order valence-corrected chi connectivity index (χ4v) is 4.86. The third-order valence-electron chi connectivity index (χ3n) is 5.76. The van der Waals surface area contributed by atoms with E-state index in [1.54, 1.807) is 28.4 Å². The van der Waals surface area contributed by atoms with Gasteiger partial charge in [0, 0.05) is 29.1 Å². The standard InChI is InChI=1S/C23H21N7OS/c1-14(2)30-13-25-27-22(30)17-4-3-5-20(26-17)29-9-8-19-16(23(29)31)10-21(32-19)28-11-18(24-12-28)15-6-7-15/h3-5,8-15H,6-7H2,1-2H3. The lowest BCUT2D eigenvalue weighted by Crippen LogP contribution is -2.18. The molecule has 5 heterocycles. The highest BCUT2D eigenvalue weighted by molar-refractivity contribution is 7.21. The van der Waals surface area contributed by atoms with Gasteiger partial charge in [-0.25, -0.2) is 9.97 Å². The summed E-state index contributed by atoms with van der Waals surface area (Å²) >= 11 is 1.59. The van der Waals surface area contributed by atoms with Crippen LogP contribution in [0.4, 0.5) is 0 Å². The molecule has 0 aliphatic heterocycles. The smallest absolute Gasteiger partial charge is 0.265 e. The number of aromatic nitrogens is 7. The zero-order valence-electron chi connectivity index (χ0n) is 17.7. The first kappa shape index (κ1) is 19.1. The van der Waals surface area contributed by atoms with Gasteiger partial charge in [-0.2, -0.15) is 0 Å². The molecule has 1 aliphatic rings. The SMILES string of the molecule is CC(C)n1cnnc1-c1cccc(-n2ccc3sc(-n4cnc(C5CC5)c4)cc3c2=O)n1. The molecule has 0 saturated heterocycles. The van der Waals surface area contributed by atoms with E-state index in [0.717, 1.165) is 15.4 Å². The van der Waals surface area contributed by atoms with Gasteiger partial charge in [-0.3, -0.25) is 13.9 Å². The Morgan fingerprint density at radius 2 is 2.03 bits per heavy atom. The molecular formula is C23H21N7OS. The van der Waals surface area contributed by atoms with E-state index in [1.807, 2.05) is 45.8 Å². The van der Waals surface area contributed by atoms with Crippen molar-refractivity contribution in [2.45, 2.75) is 38.6 Å². The van der Waals surface area contributed by atoms with Gasteiger partial charge in [0.15, 0.2) is 5.82 Å². The average Bonchev–Trinajstić information content (AvgIpc) is 3.22. The highest BCUT2D eigenvalue weighted by Gasteiger charge is 2.26. The van der Waals surface area contributed by atoms with Gasteiger partial charge < -0.3 is 4.57 Å². The summed E-state index contributed by atoms with van der Waals surface area (Å²) in [6, 6.07) is 9.72. The summed E-state index contributed by atoms with van der Waals surface area (Å²) in [7, 11) is 0. The van der Waals surface area contributed by atoms with Crippen molar-refractivity contribution in [3.63, 3.8) is 0 Å². The molecule has 1 aliphatic carbocycles. The molecule has 0 amide bonds. The molecule has 5 aromatic rings. The number of fused-ring (bicyclic) bond motifs is 1. The van der Waals surface area contributed by atoms with Crippen LogP contribution in [0, 0.1) is 0 Å². The summed E-state index contributed by atoms with van der Waals surface area (Å²) in [6.45, 7) is 4.13. The Balaban J connectivity index is 1.41. The Hall–Kier alpha value is -3.59. The van der Waals surface area contributed by atoms with Crippen LogP contribution >= 0.6 is 11.3 Å². The minimum atomic E-state index is -0.0949. The van der Waals surface area contributed by atoms with Crippen molar-refractivity contribution in [3.8, 4) is 22.3 Å². The van der Waals surface area contributed by atoms with Crippen molar-refractivity contribution in [2.75, 3.05) is 0 Å². The van der Waals surface area contributed by atoms with Crippen LogP contribution < -0.4 is 5.56 Å². The van der Waals surface area contributed by atoms with E-state index in [0.29, 0.717) is 28.6 Å². The molecule has 0 atom stereocenters. The molecule has 1 fully saturated rings. The molecule has 160 valence electrons. The number of nitrogens with zero attached hydrogens (tertiary/aromatic N) is 7. The normalized spacial score (nSPS) is 14.0. The Labute approximate surface area is 187 Å². The zero-order valence-corrected chi connectivity index (χ0v) is 18.5. The van der Waals surface area contributed by atoms with E-state index in [2.05, 4.69) is 35.2 Å². The van der Waals surface area contributed by atoms with Gasteiger partial charge in [-0.05, 0) is 51.0 Å². The lowest BCUT2D eigenvalue weighted by molar-refractivity contribution is 0.603. The van der Waals surface area contributed by atoms with Gasteiger partial charge in [-0.15, -0.1) is 21.5 Å². The second kappa shape index (κ2) is 7.23.